The van der Waals surface area contributed by atoms with Gasteiger partial charge in [0, 0.05) is 5.69 Å². The maximum absolute atomic E-state index is 12.3. The number of carbonyl (C=O) groups is 2. The number of ether oxygens (including phenoxy) is 2. The van der Waals surface area contributed by atoms with Gasteiger partial charge in [-0.2, -0.15) is 0 Å². The Morgan fingerprint density at radius 3 is 2.58 bits per heavy atom. The molecule has 0 aliphatic rings. The molecule has 0 aromatic heterocycles. The smallest absolute Gasteiger partial charge is 0.343 e. The van der Waals surface area contributed by atoms with Crippen molar-refractivity contribution in [2.24, 2.45) is 0 Å². The molecule has 0 aliphatic heterocycles. The number of anilines is 1. The van der Waals surface area contributed by atoms with Crippen LogP contribution >= 0.6 is 23.2 Å². The van der Waals surface area contributed by atoms with Gasteiger partial charge < -0.3 is 14.8 Å². The maximum atomic E-state index is 12.3. The second-order valence-corrected chi connectivity index (χ2v) is 5.68. The lowest BCUT2D eigenvalue weighted by molar-refractivity contribution is -0.142. The molecule has 1 N–H and O–H groups in total. The monoisotopic (exact) mass is 367 g/mol. The minimum absolute atomic E-state index is 0.181. The molecule has 0 radical (unpaired) electrons. The van der Waals surface area contributed by atoms with Crippen LogP contribution in [-0.2, 0) is 9.53 Å². The van der Waals surface area contributed by atoms with E-state index in [-0.39, 0.29) is 23.1 Å². The summed E-state index contributed by atoms with van der Waals surface area (Å²) in [6, 6.07) is 9.88. The van der Waals surface area contributed by atoms with Crippen LogP contribution in [0.1, 0.15) is 15.9 Å². The number of methoxy groups -OCH3 is 1. The van der Waals surface area contributed by atoms with E-state index in [1.165, 1.54) is 7.11 Å². The van der Waals surface area contributed by atoms with Crippen LogP contribution in [0.15, 0.2) is 36.4 Å². The quantitative estimate of drug-likeness (QED) is 0.807. The van der Waals surface area contributed by atoms with Crippen molar-refractivity contribution in [1.29, 1.82) is 0 Å². The molecule has 0 spiro atoms. The van der Waals surface area contributed by atoms with Crippen LogP contribution < -0.4 is 10.1 Å². The van der Waals surface area contributed by atoms with Crippen LogP contribution in [0, 0.1) is 6.92 Å². The first-order valence-corrected chi connectivity index (χ1v) is 7.73. The highest BCUT2D eigenvalue weighted by molar-refractivity contribution is 6.44. The normalized spacial score (nSPS) is 10.2. The van der Waals surface area contributed by atoms with Gasteiger partial charge in [0.15, 0.2) is 6.61 Å². The van der Waals surface area contributed by atoms with E-state index < -0.39 is 5.97 Å². The predicted octanol–water partition coefficient (Wildman–Crippen LogP) is 4.11. The van der Waals surface area contributed by atoms with Crippen molar-refractivity contribution < 1.29 is 19.1 Å². The Bertz CT molecular complexity index is 777. The van der Waals surface area contributed by atoms with E-state index >= 15 is 0 Å². The van der Waals surface area contributed by atoms with Crippen LogP contribution in [0.25, 0.3) is 0 Å². The molecule has 126 valence electrons. The first-order chi connectivity index (χ1) is 11.4. The van der Waals surface area contributed by atoms with Gasteiger partial charge in [0.05, 0.1) is 22.7 Å². The maximum Gasteiger partial charge on any atom is 0.343 e. The SMILES string of the molecule is COC(=O)COc1ccc(NC(=O)c2cccc(Cl)c2Cl)c(C)c1. The number of carbonyl (C=O) groups excluding carboxylic acids is 2. The number of esters is 1. The Morgan fingerprint density at radius 1 is 1.17 bits per heavy atom. The van der Waals surface area contributed by atoms with E-state index in [9.17, 15) is 9.59 Å². The van der Waals surface area contributed by atoms with Crippen molar-refractivity contribution in [2.75, 3.05) is 19.0 Å². The molecule has 5 nitrogen and oxygen atoms in total. The summed E-state index contributed by atoms with van der Waals surface area (Å²) in [5.41, 5.74) is 1.65. The van der Waals surface area contributed by atoms with Gasteiger partial charge in [-0.15, -0.1) is 0 Å². The van der Waals surface area contributed by atoms with Crippen molar-refractivity contribution in [3.8, 4) is 5.75 Å². The number of benzene rings is 2. The number of nitrogens with one attached hydrogen (secondary N) is 1. The Hall–Kier alpha value is -2.24. The zero-order valence-electron chi connectivity index (χ0n) is 13.1. The van der Waals surface area contributed by atoms with Gasteiger partial charge in [-0.25, -0.2) is 4.79 Å². The summed E-state index contributed by atoms with van der Waals surface area (Å²) >= 11 is 12.0. The number of halogens is 2. The summed E-state index contributed by atoms with van der Waals surface area (Å²) in [6.45, 7) is 1.62. The van der Waals surface area contributed by atoms with Gasteiger partial charge in [-0.05, 0) is 42.8 Å². The van der Waals surface area contributed by atoms with E-state index in [4.69, 9.17) is 27.9 Å². The second kappa shape index (κ2) is 8.04. The Labute approximate surface area is 149 Å². The molecule has 0 fully saturated rings. The van der Waals surface area contributed by atoms with Gasteiger partial charge in [0.2, 0.25) is 0 Å². The number of hydrogen-bond donors (Lipinski definition) is 1. The number of rotatable bonds is 5. The fourth-order valence-electron chi connectivity index (χ4n) is 1.94. The zero-order chi connectivity index (χ0) is 17.7. The van der Waals surface area contributed by atoms with E-state index in [1.54, 1.807) is 43.3 Å². The highest BCUT2D eigenvalue weighted by Gasteiger charge is 2.14. The van der Waals surface area contributed by atoms with E-state index in [0.717, 1.165) is 5.56 Å². The molecular formula is C17H15Cl2NO4. The Morgan fingerprint density at radius 2 is 1.92 bits per heavy atom. The van der Waals surface area contributed by atoms with Crippen molar-refractivity contribution in [2.45, 2.75) is 6.92 Å². The molecule has 0 saturated carbocycles. The minimum Gasteiger partial charge on any atom is -0.482 e. The van der Waals surface area contributed by atoms with E-state index in [0.29, 0.717) is 16.5 Å². The fourth-order valence-corrected chi connectivity index (χ4v) is 2.32. The zero-order valence-corrected chi connectivity index (χ0v) is 14.6. The standard InChI is InChI=1S/C17H15Cl2NO4/c1-10-8-11(24-9-15(21)23-2)6-7-14(10)20-17(22)12-4-3-5-13(18)16(12)19/h3-8H,9H2,1-2H3,(H,20,22). The van der Waals surface area contributed by atoms with E-state index in [2.05, 4.69) is 10.1 Å². The van der Waals surface area contributed by atoms with Crippen molar-refractivity contribution in [3.05, 3.63) is 57.6 Å². The molecule has 2 rings (SSSR count). The van der Waals surface area contributed by atoms with Crippen molar-refractivity contribution in [1.82, 2.24) is 0 Å². The summed E-state index contributed by atoms with van der Waals surface area (Å²) in [6.07, 6.45) is 0. The first-order valence-electron chi connectivity index (χ1n) is 6.98. The van der Waals surface area contributed by atoms with Gasteiger partial charge >= 0.3 is 5.97 Å². The van der Waals surface area contributed by atoms with Crippen molar-refractivity contribution in [3.63, 3.8) is 0 Å². The van der Waals surface area contributed by atoms with Crippen molar-refractivity contribution >= 4 is 40.8 Å². The average molecular weight is 368 g/mol. The second-order valence-electron chi connectivity index (χ2n) is 4.90. The van der Waals surface area contributed by atoms with Crippen LogP contribution in [0.4, 0.5) is 5.69 Å². The van der Waals surface area contributed by atoms with Gasteiger partial charge in [-0.3, -0.25) is 4.79 Å². The third-order valence-electron chi connectivity index (χ3n) is 3.23. The topological polar surface area (TPSA) is 64.6 Å². The lowest BCUT2D eigenvalue weighted by Gasteiger charge is -2.12. The molecule has 0 saturated heterocycles. The summed E-state index contributed by atoms with van der Waals surface area (Å²) in [7, 11) is 1.29. The Kier molecular flexibility index (Phi) is 6.06. The molecule has 24 heavy (non-hydrogen) atoms. The number of aryl methyl sites for hydroxylation is 1. The predicted molar refractivity (Wildman–Crippen MR) is 93.1 cm³/mol. The third-order valence-corrected chi connectivity index (χ3v) is 4.05. The summed E-state index contributed by atoms with van der Waals surface area (Å²) in [4.78, 5) is 23.4. The summed E-state index contributed by atoms with van der Waals surface area (Å²) < 4.78 is 9.80. The third kappa shape index (κ3) is 4.40. The molecule has 7 heteroatoms. The van der Waals surface area contributed by atoms with Gasteiger partial charge in [0.25, 0.3) is 5.91 Å². The number of hydrogen-bond acceptors (Lipinski definition) is 4. The van der Waals surface area contributed by atoms with E-state index in [1.807, 2.05) is 0 Å². The molecule has 2 aromatic rings. The van der Waals surface area contributed by atoms with Crippen LogP contribution in [0.2, 0.25) is 10.0 Å². The van der Waals surface area contributed by atoms with Crippen LogP contribution in [-0.4, -0.2) is 25.6 Å². The van der Waals surface area contributed by atoms with Crippen LogP contribution in [0.3, 0.4) is 0 Å². The van der Waals surface area contributed by atoms with Crippen LogP contribution in [0.5, 0.6) is 5.75 Å². The van der Waals surface area contributed by atoms with Gasteiger partial charge in [0.1, 0.15) is 5.75 Å². The fraction of sp³-hybridized carbons (Fsp3) is 0.176. The molecule has 0 aliphatic carbocycles. The molecule has 2 aromatic carbocycles. The van der Waals surface area contributed by atoms with Gasteiger partial charge in [-0.1, -0.05) is 29.3 Å². The molecule has 1 amide bonds. The molecule has 0 unspecified atom stereocenters. The molecule has 0 atom stereocenters. The molecule has 0 heterocycles. The summed E-state index contributed by atoms with van der Waals surface area (Å²) in [5.74, 6) is -0.342. The average Bonchev–Trinajstić information content (AvgIpc) is 2.57. The molecular weight excluding hydrogens is 353 g/mol. The summed E-state index contributed by atoms with van der Waals surface area (Å²) in [5, 5.41) is 3.28. The largest absolute Gasteiger partial charge is 0.482 e. The molecule has 0 bridgehead atoms. The lowest BCUT2D eigenvalue weighted by Crippen LogP contribution is -2.14. The first kappa shape index (κ1) is 18.1. The minimum atomic E-state index is -0.472. The highest BCUT2D eigenvalue weighted by Crippen LogP contribution is 2.27. The highest BCUT2D eigenvalue weighted by atomic mass is 35.5. The number of amides is 1. The Balaban J connectivity index is 2.11. The lowest BCUT2D eigenvalue weighted by atomic mass is 10.1.